The van der Waals surface area contributed by atoms with Crippen molar-refractivity contribution >= 4 is 15.7 Å². The molecule has 0 bridgehead atoms. The molecule has 2 heterocycles. The maximum atomic E-state index is 13.0. The van der Waals surface area contributed by atoms with E-state index in [9.17, 15) is 13.2 Å². The third-order valence-electron chi connectivity index (χ3n) is 4.08. The van der Waals surface area contributed by atoms with Crippen molar-refractivity contribution in [1.29, 1.82) is 0 Å². The van der Waals surface area contributed by atoms with Gasteiger partial charge in [0.1, 0.15) is 12.7 Å². The Bertz CT molecular complexity index is 802. The predicted molar refractivity (Wildman–Crippen MR) is 85.1 cm³/mol. The van der Waals surface area contributed by atoms with Crippen molar-refractivity contribution in [3.05, 3.63) is 42.5 Å². The first-order chi connectivity index (χ1) is 11.0. The van der Waals surface area contributed by atoms with Crippen molar-refractivity contribution in [2.45, 2.75) is 19.4 Å². The molecule has 1 aromatic carbocycles. The summed E-state index contributed by atoms with van der Waals surface area (Å²) in [6.45, 7) is 2.33. The number of carbonyl (C=O) groups excluding carboxylic acids is 1. The maximum Gasteiger partial charge on any atom is 0.256 e. The molecule has 1 aliphatic rings. The van der Waals surface area contributed by atoms with Crippen LogP contribution in [0, 0.1) is 0 Å². The van der Waals surface area contributed by atoms with Crippen molar-refractivity contribution in [3.63, 3.8) is 0 Å². The fraction of sp³-hybridized carbons (Fsp3) is 0.400. The highest BCUT2D eigenvalue weighted by Gasteiger charge is 2.34. The molecule has 0 N–H and O–H groups in total. The number of carbonyl (C=O) groups is 1. The minimum atomic E-state index is -3.04. The molecule has 0 radical (unpaired) electrons. The average Bonchev–Trinajstić information content (AvgIpc) is 3.18. The Morgan fingerprint density at radius 3 is 2.61 bits per heavy atom. The van der Waals surface area contributed by atoms with E-state index in [1.165, 1.54) is 12.7 Å². The van der Waals surface area contributed by atoms with Gasteiger partial charge in [-0.05, 0) is 25.5 Å². The van der Waals surface area contributed by atoms with Crippen LogP contribution in [0.4, 0.5) is 0 Å². The predicted octanol–water partition coefficient (Wildman–Crippen LogP) is 0.916. The van der Waals surface area contributed by atoms with Crippen LogP contribution in [0.15, 0.2) is 36.9 Å². The van der Waals surface area contributed by atoms with Gasteiger partial charge in [0.25, 0.3) is 5.91 Å². The van der Waals surface area contributed by atoms with E-state index in [1.54, 1.807) is 21.6 Å². The SMILES string of the molecule is CCN(C(=O)c1ccccc1-n1cnnc1)C1CCS(=O)(=O)C1. The molecule has 1 saturated heterocycles. The topological polar surface area (TPSA) is 85.2 Å². The number of hydrogen-bond acceptors (Lipinski definition) is 5. The van der Waals surface area contributed by atoms with Gasteiger partial charge in [0, 0.05) is 12.6 Å². The summed E-state index contributed by atoms with van der Waals surface area (Å²) in [5, 5.41) is 7.54. The van der Waals surface area contributed by atoms with Gasteiger partial charge in [0.2, 0.25) is 0 Å². The zero-order chi connectivity index (χ0) is 16.4. The van der Waals surface area contributed by atoms with Gasteiger partial charge in [-0.15, -0.1) is 10.2 Å². The first kappa shape index (κ1) is 15.7. The fourth-order valence-corrected chi connectivity index (χ4v) is 4.68. The molecule has 1 amide bonds. The van der Waals surface area contributed by atoms with Gasteiger partial charge >= 0.3 is 0 Å². The number of amides is 1. The zero-order valence-electron chi connectivity index (χ0n) is 12.8. The number of aromatic nitrogens is 3. The van der Waals surface area contributed by atoms with E-state index < -0.39 is 9.84 Å². The highest BCUT2D eigenvalue weighted by atomic mass is 32.2. The van der Waals surface area contributed by atoms with Gasteiger partial charge in [-0.1, -0.05) is 12.1 Å². The molecular formula is C15H18N4O3S. The molecular weight excluding hydrogens is 316 g/mol. The standard InChI is InChI=1S/C15H18N4O3S/c1-2-19(12-7-8-23(21,22)9-12)15(20)13-5-3-4-6-14(13)18-10-16-17-11-18/h3-6,10-12H,2,7-9H2,1H3. The number of para-hydroxylation sites is 1. The van der Waals surface area contributed by atoms with Crippen molar-refractivity contribution in [3.8, 4) is 5.69 Å². The van der Waals surface area contributed by atoms with Crippen LogP contribution in [0.2, 0.25) is 0 Å². The third-order valence-corrected chi connectivity index (χ3v) is 5.83. The van der Waals surface area contributed by atoms with Crippen molar-refractivity contribution in [2.24, 2.45) is 0 Å². The number of benzene rings is 1. The summed E-state index contributed by atoms with van der Waals surface area (Å²) in [6.07, 6.45) is 3.56. The third kappa shape index (κ3) is 3.12. The normalized spacial score (nSPS) is 19.6. The van der Waals surface area contributed by atoms with Crippen LogP contribution in [0.5, 0.6) is 0 Å². The quantitative estimate of drug-likeness (QED) is 0.830. The molecule has 1 fully saturated rings. The lowest BCUT2D eigenvalue weighted by Crippen LogP contribution is -2.41. The molecule has 1 unspecified atom stereocenters. The minimum absolute atomic E-state index is 0.0430. The smallest absolute Gasteiger partial charge is 0.256 e. The van der Waals surface area contributed by atoms with Crippen LogP contribution in [0.3, 0.4) is 0 Å². The fourth-order valence-electron chi connectivity index (χ4n) is 2.95. The van der Waals surface area contributed by atoms with Crippen LogP contribution < -0.4 is 0 Å². The second-order valence-corrected chi connectivity index (χ2v) is 7.76. The van der Waals surface area contributed by atoms with Crippen molar-refractivity contribution in [1.82, 2.24) is 19.7 Å². The van der Waals surface area contributed by atoms with Crippen LogP contribution in [-0.4, -0.2) is 58.1 Å². The van der Waals surface area contributed by atoms with E-state index in [1.807, 2.05) is 19.1 Å². The number of hydrogen-bond donors (Lipinski definition) is 0. The minimum Gasteiger partial charge on any atom is -0.335 e. The number of sulfone groups is 1. The van der Waals surface area contributed by atoms with E-state index in [0.717, 1.165) is 0 Å². The average molecular weight is 334 g/mol. The highest BCUT2D eigenvalue weighted by molar-refractivity contribution is 7.91. The van der Waals surface area contributed by atoms with Gasteiger partial charge in [-0.2, -0.15) is 0 Å². The summed E-state index contributed by atoms with van der Waals surface area (Å²) in [5.41, 5.74) is 1.19. The second-order valence-electron chi connectivity index (χ2n) is 5.53. The molecule has 8 heteroatoms. The Labute approximate surface area is 134 Å². The molecule has 0 aliphatic carbocycles. The van der Waals surface area contributed by atoms with E-state index >= 15 is 0 Å². The molecule has 1 atom stereocenters. The van der Waals surface area contributed by atoms with E-state index in [-0.39, 0.29) is 23.5 Å². The number of nitrogens with zero attached hydrogens (tertiary/aromatic N) is 4. The Kier molecular flexibility index (Phi) is 4.16. The molecule has 3 rings (SSSR count). The summed E-state index contributed by atoms with van der Waals surface area (Å²) >= 11 is 0. The Morgan fingerprint density at radius 2 is 2.00 bits per heavy atom. The van der Waals surface area contributed by atoms with Crippen molar-refractivity contribution < 1.29 is 13.2 Å². The molecule has 0 saturated carbocycles. The summed E-state index contributed by atoms with van der Waals surface area (Å²) < 4.78 is 25.1. The Morgan fingerprint density at radius 1 is 1.30 bits per heavy atom. The number of rotatable bonds is 4. The van der Waals surface area contributed by atoms with Crippen LogP contribution >= 0.6 is 0 Å². The van der Waals surface area contributed by atoms with Crippen LogP contribution in [0.25, 0.3) is 5.69 Å². The lowest BCUT2D eigenvalue weighted by atomic mass is 10.1. The molecule has 1 aliphatic heterocycles. The first-order valence-electron chi connectivity index (χ1n) is 7.47. The summed E-state index contributed by atoms with van der Waals surface area (Å²) in [6, 6.07) is 6.92. The Hall–Kier alpha value is -2.22. The highest BCUT2D eigenvalue weighted by Crippen LogP contribution is 2.22. The molecule has 0 spiro atoms. The molecule has 1 aromatic heterocycles. The second kappa shape index (κ2) is 6.11. The lowest BCUT2D eigenvalue weighted by molar-refractivity contribution is 0.0708. The van der Waals surface area contributed by atoms with Gasteiger partial charge in [0.15, 0.2) is 9.84 Å². The molecule has 7 nitrogen and oxygen atoms in total. The Balaban J connectivity index is 1.94. The van der Waals surface area contributed by atoms with E-state index in [2.05, 4.69) is 10.2 Å². The summed E-state index contributed by atoms with van der Waals surface area (Å²) in [7, 11) is -3.04. The van der Waals surface area contributed by atoms with Gasteiger partial charge < -0.3 is 4.90 Å². The molecule has 2 aromatic rings. The van der Waals surface area contributed by atoms with Gasteiger partial charge in [-0.3, -0.25) is 9.36 Å². The zero-order valence-corrected chi connectivity index (χ0v) is 13.6. The van der Waals surface area contributed by atoms with Gasteiger partial charge in [0.05, 0.1) is 22.8 Å². The lowest BCUT2D eigenvalue weighted by Gasteiger charge is -2.27. The molecule has 122 valence electrons. The van der Waals surface area contributed by atoms with E-state index in [0.29, 0.717) is 24.2 Å². The first-order valence-corrected chi connectivity index (χ1v) is 9.29. The van der Waals surface area contributed by atoms with E-state index in [4.69, 9.17) is 0 Å². The summed E-state index contributed by atoms with van der Waals surface area (Å²) in [4.78, 5) is 14.6. The van der Waals surface area contributed by atoms with Crippen LogP contribution in [-0.2, 0) is 9.84 Å². The van der Waals surface area contributed by atoms with Crippen molar-refractivity contribution in [2.75, 3.05) is 18.1 Å². The maximum absolute atomic E-state index is 13.0. The monoisotopic (exact) mass is 334 g/mol. The largest absolute Gasteiger partial charge is 0.335 e. The molecule has 23 heavy (non-hydrogen) atoms. The van der Waals surface area contributed by atoms with Gasteiger partial charge in [-0.25, -0.2) is 8.42 Å². The summed E-state index contributed by atoms with van der Waals surface area (Å²) in [5.74, 6) is 0.0227. The van der Waals surface area contributed by atoms with Crippen LogP contribution in [0.1, 0.15) is 23.7 Å².